The van der Waals surface area contributed by atoms with E-state index in [1.807, 2.05) is 0 Å². The molecule has 1 heterocycles. The van der Waals surface area contributed by atoms with Crippen LogP contribution in [0.15, 0.2) is 0 Å². The van der Waals surface area contributed by atoms with Crippen molar-refractivity contribution in [3.05, 3.63) is 0 Å². The molecule has 1 aliphatic heterocycles. The van der Waals surface area contributed by atoms with Crippen molar-refractivity contribution in [1.82, 2.24) is 5.32 Å². The lowest BCUT2D eigenvalue weighted by molar-refractivity contribution is -0.118. The van der Waals surface area contributed by atoms with Crippen molar-refractivity contribution >= 4 is 5.78 Å². The van der Waals surface area contributed by atoms with Crippen molar-refractivity contribution in [3.63, 3.8) is 0 Å². The molecule has 0 saturated carbocycles. The monoisotopic (exact) mass is 197 g/mol. The number of Topliss-reactive ketones (excluding diaryl/α,β-unsaturated/α-hetero) is 1. The Morgan fingerprint density at radius 1 is 1.36 bits per heavy atom. The van der Waals surface area contributed by atoms with Gasteiger partial charge in [0.15, 0.2) is 0 Å². The molecule has 1 aliphatic rings. The zero-order valence-corrected chi connectivity index (χ0v) is 9.35. The lowest BCUT2D eigenvalue weighted by Gasteiger charge is -2.11. The molecule has 0 aromatic carbocycles. The van der Waals surface area contributed by atoms with Gasteiger partial charge in [0.25, 0.3) is 0 Å². The Kier molecular flexibility index (Phi) is 5.85. The van der Waals surface area contributed by atoms with Crippen LogP contribution in [-0.4, -0.2) is 18.9 Å². The highest BCUT2D eigenvalue weighted by Crippen LogP contribution is 2.19. The van der Waals surface area contributed by atoms with Crippen molar-refractivity contribution in [2.24, 2.45) is 5.92 Å². The largest absolute Gasteiger partial charge is 0.310 e. The summed E-state index contributed by atoms with van der Waals surface area (Å²) < 4.78 is 0. The number of hydrogen-bond donors (Lipinski definition) is 1. The first-order valence-corrected chi connectivity index (χ1v) is 6.05. The minimum absolute atomic E-state index is 0.406. The van der Waals surface area contributed by atoms with Crippen molar-refractivity contribution in [1.29, 1.82) is 0 Å². The molecule has 14 heavy (non-hydrogen) atoms. The van der Waals surface area contributed by atoms with E-state index >= 15 is 0 Å². The second-order valence-corrected chi connectivity index (χ2v) is 4.42. The fourth-order valence-electron chi connectivity index (χ4n) is 2.14. The van der Waals surface area contributed by atoms with E-state index in [1.54, 1.807) is 0 Å². The van der Waals surface area contributed by atoms with Crippen LogP contribution in [0.5, 0.6) is 0 Å². The molecule has 0 aromatic rings. The van der Waals surface area contributed by atoms with Gasteiger partial charge in [0, 0.05) is 6.42 Å². The summed E-state index contributed by atoms with van der Waals surface area (Å²) in [5.41, 5.74) is 0. The molecule has 0 aromatic heterocycles. The molecule has 1 fully saturated rings. The van der Waals surface area contributed by atoms with E-state index in [1.165, 1.54) is 38.5 Å². The number of hydrogen-bond acceptors (Lipinski definition) is 2. The van der Waals surface area contributed by atoms with Gasteiger partial charge in [-0.15, -0.1) is 0 Å². The van der Waals surface area contributed by atoms with Crippen LogP contribution in [0.4, 0.5) is 0 Å². The van der Waals surface area contributed by atoms with Crippen LogP contribution in [0.3, 0.4) is 0 Å². The van der Waals surface area contributed by atoms with Gasteiger partial charge in [0.1, 0.15) is 5.78 Å². The summed E-state index contributed by atoms with van der Waals surface area (Å²) >= 11 is 0. The number of nitrogens with one attached hydrogen (secondary N) is 1. The Hall–Kier alpha value is -0.370. The fourth-order valence-corrected chi connectivity index (χ4v) is 2.14. The van der Waals surface area contributed by atoms with Crippen LogP contribution < -0.4 is 5.32 Å². The SMILES string of the molecule is CCCCCCC1CCNCC(=O)C1. The van der Waals surface area contributed by atoms with Gasteiger partial charge in [-0.25, -0.2) is 0 Å². The topological polar surface area (TPSA) is 29.1 Å². The van der Waals surface area contributed by atoms with Gasteiger partial charge < -0.3 is 5.32 Å². The highest BCUT2D eigenvalue weighted by Gasteiger charge is 2.16. The summed E-state index contributed by atoms with van der Waals surface area (Å²) in [5, 5.41) is 3.18. The minimum Gasteiger partial charge on any atom is -0.310 e. The predicted molar refractivity (Wildman–Crippen MR) is 59.4 cm³/mol. The van der Waals surface area contributed by atoms with E-state index in [0.29, 0.717) is 18.2 Å². The van der Waals surface area contributed by atoms with Gasteiger partial charge in [-0.05, 0) is 25.3 Å². The molecule has 1 unspecified atom stereocenters. The quantitative estimate of drug-likeness (QED) is 0.686. The van der Waals surface area contributed by atoms with Crippen LogP contribution in [0, 0.1) is 5.92 Å². The lowest BCUT2D eigenvalue weighted by Crippen LogP contribution is -2.19. The second kappa shape index (κ2) is 6.99. The fraction of sp³-hybridized carbons (Fsp3) is 0.917. The van der Waals surface area contributed by atoms with Crippen molar-refractivity contribution in [2.45, 2.75) is 51.9 Å². The van der Waals surface area contributed by atoms with Gasteiger partial charge in [-0.2, -0.15) is 0 Å². The van der Waals surface area contributed by atoms with Crippen molar-refractivity contribution < 1.29 is 4.79 Å². The smallest absolute Gasteiger partial charge is 0.146 e. The zero-order valence-electron chi connectivity index (χ0n) is 9.35. The molecule has 2 nitrogen and oxygen atoms in total. The van der Waals surface area contributed by atoms with Crippen LogP contribution in [0.1, 0.15) is 51.9 Å². The summed E-state index contributed by atoms with van der Waals surface area (Å²) in [6, 6.07) is 0. The van der Waals surface area contributed by atoms with Crippen LogP contribution in [-0.2, 0) is 4.79 Å². The maximum absolute atomic E-state index is 11.3. The third-order valence-electron chi connectivity index (χ3n) is 3.03. The number of ketones is 1. The van der Waals surface area contributed by atoms with Gasteiger partial charge in [0.2, 0.25) is 0 Å². The highest BCUT2D eigenvalue weighted by atomic mass is 16.1. The number of carbonyl (C=O) groups excluding carboxylic acids is 1. The standard InChI is InChI=1S/C12H23NO/c1-2-3-4-5-6-11-7-8-13-10-12(14)9-11/h11,13H,2-10H2,1H3. The van der Waals surface area contributed by atoms with Crippen molar-refractivity contribution in [2.75, 3.05) is 13.1 Å². The lowest BCUT2D eigenvalue weighted by atomic mass is 9.93. The first-order valence-electron chi connectivity index (χ1n) is 6.05. The summed E-state index contributed by atoms with van der Waals surface area (Å²) in [4.78, 5) is 11.3. The predicted octanol–water partition coefficient (Wildman–Crippen LogP) is 2.53. The van der Waals surface area contributed by atoms with Crippen LogP contribution >= 0.6 is 0 Å². The Bertz CT molecular complexity index is 168. The Labute approximate surface area is 87.5 Å². The Morgan fingerprint density at radius 2 is 2.21 bits per heavy atom. The van der Waals surface area contributed by atoms with Gasteiger partial charge in [0.05, 0.1) is 6.54 Å². The molecule has 0 aliphatic carbocycles. The Morgan fingerprint density at radius 3 is 3.00 bits per heavy atom. The normalized spacial score (nSPS) is 23.5. The summed E-state index contributed by atoms with van der Waals surface area (Å²) in [5.74, 6) is 1.07. The molecule has 0 bridgehead atoms. The molecular formula is C12H23NO. The zero-order chi connectivity index (χ0) is 10.2. The van der Waals surface area contributed by atoms with Crippen LogP contribution in [0.25, 0.3) is 0 Å². The summed E-state index contributed by atoms with van der Waals surface area (Å²) in [6.45, 7) is 3.87. The first-order chi connectivity index (χ1) is 6.83. The van der Waals surface area contributed by atoms with Crippen molar-refractivity contribution in [3.8, 4) is 0 Å². The number of rotatable bonds is 5. The average Bonchev–Trinajstić information content (AvgIpc) is 2.38. The minimum atomic E-state index is 0.406. The third-order valence-corrected chi connectivity index (χ3v) is 3.03. The van der Waals surface area contributed by atoms with E-state index in [9.17, 15) is 4.79 Å². The molecule has 0 radical (unpaired) electrons. The maximum atomic E-state index is 11.3. The number of unbranched alkanes of at least 4 members (excludes halogenated alkanes) is 3. The molecule has 1 N–H and O–H groups in total. The molecule has 0 spiro atoms. The van der Waals surface area contributed by atoms with Gasteiger partial charge in [-0.1, -0.05) is 32.6 Å². The van der Waals surface area contributed by atoms with Gasteiger partial charge in [-0.3, -0.25) is 4.79 Å². The van der Waals surface area contributed by atoms with E-state index in [-0.39, 0.29) is 0 Å². The maximum Gasteiger partial charge on any atom is 0.146 e. The molecule has 1 saturated heterocycles. The molecule has 1 atom stereocenters. The third kappa shape index (κ3) is 4.75. The first kappa shape index (κ1) is 11.7. The van der Waals surface area contributed by atoms with Gasteiger partial charge >= 0.3 is 0 Å². The Balaban J connectivity index is 2.12. The summed E-state index contributed by atoms with van der Waals surface area (Å²) in [6.07, 6.45) is 8.56. The van der Waals surface area contributed by atoms with E-state index in [4.69, 9.17) is 0 Å². The van der Waals surface area contributed by atoms with E-state index in [0.717, 1.165) is 13.0 Å². The second-order valence-electron chi connectivity index (χ2n) is 4.42. The molecule has 0 amide bonds. The number of carbonyl (C=O) groups is 1. The van der Waals surface area contributed by atoms with Crippen LogP contribution in [0.2, 0.25) is 0 Å². The molecule has 2 heteroatoms. The molecule has 82 valence electrons. The molecular weight excluding hydrogens is 174 g/mol. The van der Waals surface area contributed by atoms with E-state index < -0.39 is 0 Å². The van der Waals surface area contributed by atoms with E-state index in [2.05, 4.69) is 12.2 Å². The average molecular weight is 197 g/mol. The summed E-state index contributed by atoms with van der Waals surface area (Å²) in [7, 11) is 0. The molecule has 1 rings (SSSR count). The highest BCUT2D eigenvalue weighted by molar-refractivity contribution is 5.80.